The lowest BCUT2D eigenvalue weighted by molar-refractivity contribution is 0.660. The van der Waals surface area contributed by atoms with Crippen LogP contribution in [0.5, 0.6) is 0 Å². The van der Waals surface area contributed by atoms with Crippen molar-refractivity contribution in [1.29, 1.82) is 0 Å². The molecule has 0 fully saturated rings. The molecule has 0 spiro atoms. The highest BCUT2D eigenvalue weighted by Crippen LogP contribution is 2.50. The monoisotopic (exact) mass is 563 g/mol. The van der Waals surface area contributed by atoms with Gasteiger partial charge in [0.25, 0.3) is 0 Å². The van der Waals surface area contributed by atoms with Crippen molar-refractivity contribution in [3.63, 3.8) is 0 Å². The summed E-state index contributed by atoms with van der Waals surface area (Å²) >= 11 is 0. The molecule has 0 saturated heterocycles. The van der Waals surface area contributed by atoms with Gasteiger partial charge in [-0.2, -0.15) is 0 Å². The molecule has 1 nitrogen and oxygen atoms in total. The maximum atomic E-state index is 2.41. The molecule has 7 aromatic carbocycles. The fourth-order valence-electron chi connectivity index (χ4n) is 6.91. The van der Waals surface area contributed by atoms with E-state index >= 15 is 0 Å². The van der Waals surface area contributed by atoms with E-state index in [9.17, 15) is 0 Å². The van der Waals surface area contributed by atoms with Gasteiger partial charge in [-0.25, -0.2) is 0 Å². The molecule has 0 heterocycles. The molecule has 210 valence electrons. The molecular weight excluding hydrogens is 530 g/mol. The first-order valence-electron chi connectivity index (χ1n) is 15.4. The summed E-state index contributed by atoms with van der Waals surface area (Å²) < 4.78 is 0. The Morgan fingerprint density at radius 1 is 0.364 bits per heavy atom. The lowest BCUT2D eigenvalue weighted by Gasteiger charge is -2.28. The average molecular weight is 564 g/mol. The zero-order chi connectivity index (χ0) is 29.7. The molecule has 1 aliphatic carbocycles. The minimum absolute atomic E-state index is 0.0717. The molecule has 0 bridgehead atoms. The highest BCUT2D eigenvalue weighted by molar-refractivity contribution is 5.89. The van der Waals surface area contributed by atoms with Gasteiger partial charge in [0.1, 0.15) is 0 Å². The summed E-state index contributed by atoms with van der Waals surface area (Å²) in [7, 11) is 0. The molecule has 0 saturated carbocycles. The first kappa shape index (κ1) is 26.2. The van der Waals surface area contributed by atoms with Gasteiger partial charge in [-0.1, -0.05) is 135 Å². The van der Waals surface area contributed by atoms with E-state index < -0.39 is 0 Å². The zero-order valence-electron chi connectivity index (χ0n) is 25.0. The molecule has 0 radical (unpaired) electrons. The molecule has 44 heavy (non-hydrogen) atoms. The summed E-state index contributed by atoms with van der Waals surface area (Å²) in [4.78, 5) is 2.40. The lowest BCUT2D eigenvalue weighted by Crippen LogP contribution is -2.16. The zero-order valence-corrected chi connectivity index (χ0v) is 25.0. The van der Waals surface area contributed by atoms with E-state index in [0.29, 0.717) is 0 Å². The Hall–Kier alpha value is -5.40. The van der Waals surface area contributed by atoms with Crippen LogP contribution in [0.4, 0.5) is 17.1 Å². The summed E-state index contributed by atoms with van der Waals surface area (Å²) in [6.07, 6.45) is 0. The summed E-state index contributed by atoms with van der Waals surface area (Å²) in [5.41, 5.74) is 13.6. The number of benzene rings is 7. The summed E-state index contributed by atoms with van der Waals surface area (Å²) in [5.74, 6) is 0. The second kappa shape index (κ2) is 10.4. The van der Waals surface area contributed by atoms with Crippen LogP contribution >= 0.6 is 0 Å². The van der Waals surface area contributed by atoms with Gasteiger partial charge >= 0.3 is 0 Å². The topological polar surface area (TPSA) is 3.24 Å². The predicted molar refractivity (Wildman–Crippen MR) is 187 cm³/mol. The molecule has 0 amide bonds. The van der Waals surface area contributed by atoms with Crippen molar-refractivity contribution >= 4 is 27.8 Å². The highest BCUT2D eigenvalue weighted by atomic mass is 15.1. The van der Waals surface area contributed by atoms with Gasteiger partial charge in [-0.15, -0.1) is 0 Å². The molecule has 8 rings (SSSR count). The SMILES string of the molecule is CC1(C)c2ccccc2-c2ccc(N(c3ccc(-c4ccccc4)cc3)c3cccc(-c4ccc5ccccc5c4)c3)cc21. The largest absolute Gasteiger partial charge is 0.310 e. The van der Waals surface area contributed by atoms with Crippen LogP contribution in [0.3, 0.4) is 0 Å². The number of fused-ring (bicyclic) bond motifs is 4. The first-order valence-corrected chi connectivity index (χ1v) is 15.4. The normalized spacial score (nSPS) is 13.0. The minimum Gasteiger partial charge on any atom is -0.310 e. The van der Waals surface area contributed by atoms with Crippen LogP contribution in [0.15, 0.2) is 164 Å². The summed E-state index contributed by atoms with van der Waals surface area (Å²) in [5, 5.41) is 2.51. The van der Waals surface area contributed by atoms with Crippen molar-refractivity contribution in [2.45, 2.75) is 19.3 Å². The van der Waals surface area contributed by atoms with Gasteiger partial charge < -0.3 is 4.90 Å². The van der Waals surface area contributed by atoms with E-state index in [1.807, 2.05) is 0 Å². The molecule has 0 N–H and O–H groups in total. The number of nitrogens with zero attached hydrogens (tertiary/aromatic N) is 1. The fraction of sp³-hybridized carbons (Fsp3) is 0.0698. The summed E-state index contributed by atoms with van der Waals surface area (Å²) in [6.45, 7) is 4.70. The molecular formula is C43H33N. The second-order valence-electron chi connectivity index (χ2n) is 12.3. The molecule has 1 heteroatoms. The Bertz CT molecular complexity index is 2140. The van der Waals surface area contributed by atoms with E-state index in [-0.39, 0.29) is 5.41 Å². The number of hydrogen-bond acceptors (Lipinski definition) is 1. The van der Waals surface area contributed by atoms with Crippen LogP contribution < -0.4 is 4.90 Å². The number of hydrogen-bond donors (Lipinski definition) is 0. The Morgan fingerprint density at radius 3 is 1.80 bits per heavy atom. The number of rotatable bonds is 5. The maximum absolute atomic E-state index is 2.41. The van der Waals surface area contributed by atoms with E-state index in [1.54, 1.807) is 0 Å². The smallest absolute Gasteiger partial charge is 0.0467 e. The summed E-state index contributed by atoms with van der Waals surface area (Å²) in [6, 6.07) is 59.7. The van der Waals surface area contributed by atoms with E-state index in [1.165, 1.54) is 55.3 Å². The Balaban J connectivity index is 1.27. The Labute approximate surface area is 259 Å². The van der Waals surface area contributed by atoms with Crippen molar-refractivity contribution < 1.29 is 0 Å². The molecule has 1 aliphatic rings. The third kappa shape index (κ3) is 4.41. The van der Waals surface area contributed by atoms with Gasteiger partial charge in [0.15, 0.2) is 0 Å². The highest BCUT2D eigenvalue weighted by Gasteiger charge is 2.35. The van der Waals surface area contributed by atoms with Crippen LogP contribution in [-0.2, 0) is 5.41 Å². The first-order chi connectivity index (χ1) is 21.6. The average Bonchev–Trinajstić information content (AvgIpc) is 3.31. The van der Waals surface area contributed by atoms with Gasteiger partial charge in [0, 0.05) is 22.5 Å². The molecule has 0 aromatic heterocycles. The minimum atomic E-state index is -0.0717. The van der Waals surface area contributed by atoms with Gasteiger partial charge in [0.2, 0.25) is 0 Å². The Kier molecular flexibility index (Phi) is 6.20. The number of anilines is 3. The van der Waals surface area contributed by atoms with Crippen molar-refractivity contribution in [3.05, 3.63) is 175 Å². The Morgan fingerprint density at radius 2 is 0.955 bits per heavy atom. The fourth-order valence-corrected chi connectivity index (χ4v) is 6.91. The molecule has 0 unspecified atom stereocenters. The third-order valence-electron chi connectivity index (χ3n) is 9.25. The quantitative estimate of drug-likeness (QED) is 0.201. The third-order valence-corrected chi connectivity index (χ3v) is 9.25. The van der Waals surface area contributed by atoms with Crippen molar-refractivity contribution in [2.24, 2.45) is 0 Å². The van der Waals surface area contributed by atoms with E-state index in [2.05, 4.69) is 183 Å². The van der Waals surface area contributed by atoms with Crippen LogP contribution in [0.25, 0.3) is 44.2 Å². The van der Waals surface area contributed by atoms with Gasteiger partial charge in [-0.05, 0) is 97.7 Å². The van der Waals surface area contributed by atoms with Crippen molar-refractivity contribution in [2.75, 3.05) is 4.90 Å². The van der Waals surface area contributed by atoms with Crippen LogP contribution in [0, 0.1) is 0 Å². The van der Waals surface area contributed by atoms with Crippen molar-refractivity contribution in [1.82, 2.24) is 0 Å². The molecule has 7 aromatic rings. The van der Waals surface area contributed by atoms with E-state index in [0.717, 1.165) is 17.1 Å². The van der Waals surface area contributed by atoms with Crippen molar-refractivity contribution in [3.8, 4) is 33.4 Å². The van der Waals surface area contributed by atoms with Crippen LogP contribution in [0.2, 0.25) is 0 Å². The molecule has 0 atom stereocenters. The van der Waals surface area contributed by atoms with E-state index in [4.69, 9.17) is 0 Å². The van der Waals surface area contributed by atoms with Gasteiger partial charge in [-0.3, -0.25) is 0 Å². The van der Waals surface area contributed by atoms with Crippen LogP contribution in [-0.4, -0.2) is 0 Å². The predicted octanol–water partition coefficient (Wildman–Crippen LogP) is 11.9. The molecule has 0 aliphatic heterocycles. The standard InChI is InChI=1S/C43H33N/c1-43(2)41-18-9-8-17-39(41)40-26-25-38(29-42(40)43)44(36-23-21-32(22-24-36)30-11-4-3-5-12-30)37-16-10-15-34(28-37)35-20-19-31-13-6-7-14-33(31)27-35/h3-29H,1-2H3. The second-order valence-corrected chi connectivity index (χ2v) is 12.3. The lowest BCUT2D eigenvalue weighted by atomic mass is 9.82. The maximum Gasteiger partial charge on any atom is 0.0467 e. The van der Waals surface area contributed by atoms with Crippen LogP contribution in [0.1, 0.15) is 25.0 Å². The van der Waals surface area contributed by atoms with Gasteiger partial charge in [0.05, 0.1) is 0 Å².